The predicted octanol–water partition coefficient (Wildman–Crippen LogP) is 6.96. The monoisotopic (exact) mass is 503 g/mol. The van der Waals surface area contributed by atoms with E-state index in [1.165, 1.54) is 41.5 Å². The SMILES string of the molecule is CCCCCCCn1cc(C)c2ccc(C3(Cc4ccncc4)CCN(C(=O)OC(C)(C)C)C3=O)cc21. The molecule has 0 N–H and O–H groups in total. The van der Waals surface area contributed by atoms with Gasteiger partial charge < -0.3 is 9.30 Å². The summed E-state index contributed by atoms with van der Waals surface area (Å²) in [5, 5.41) is 1.21. The highest BCUT2D eigenvalue weighted by Gasteiger charge is 2.51. The number of benzene rings is 1. The molecule has 0 aliphatic carbocycles. The number of nitrogens with zero attached hydrogens (tertiary/aromatic N) is 3. The number of unbranched alkanes of at least 4 members (excludes halogenated alkanes) is 4. The molecular weight excluding hydrogens is 462 g/mol. The first-order valence-corrected chi connectivity index (χ1v) is 13.7. The summed E-state index contributed by atoms with van der Waals surface area (Å²) in [6, 6.07) is 10.3. The highest BCUT2D eigenvalue weighted by molar-refractivity contribution is 6.01. The Morgan fingerprint density at radius 1 is 1.08 bits per heavy atom. The zero-order valence-electron chi connectivity index (χ0n) is 23.0. The Hall–Kier alpha value is -3.15. The molecule has 4 rings (SSSR count). The summed E-state index contributed by atoms with van der Waals surface area (Å²) < 4.78 is 7.93. The number of ether oxygens (including phenoxy) is 1. The number of carbonyl (C=O) groups excluding carboxylic acids is 2. The summed E-state index contributed by atoms with van der Waals surface area (Å²) in [6.07, 6.45) is 12.4. The molecule has 0 radical (unpaired) electrons. The minimum Gasteiger partial charge on any atom is -0.443 e. The number of aryl methyl sites for hydroxylation is 2. The maximum atomic E-state index is 14.1. The van der Waals surface area contributed by atoms with Crippen LogP contribution in [0.1, 0.15) is 82.9 Å². The second-order valence-electron chi connectivity index (χ2n) is 11.5. The van der Waals surface area contributed by atoms with Crippen LogP contribution in [-0.4, -0.2) is 38.6 Å². The van der Waals surface area contributed by atoms with E-state index in [2.05, 4.69) is 47.8 Å². The fourth-order valence-corrected chi connectivity index (χ4v) is 5.49. The van der Waals surface area contributed by atoms with E-state index in [0.29, 0.717) is 19.4 Å². The first-order valence-electron chi connectivity index (χ1n) is 13.7. The Morgan fingerprint density at radius 3 is 2.51 bits per heavy atom. The third-order valence-electron chi connectivity index (χ3n) is 7.42. The number of carbonyl (C=O) groups is 2. The molecule has 2 aromatic heterocycles. The van der Waals surface area contributed by atoms with Crippen LogP contribution >= 0.6 is 0 Å². The van der Waals surface area contributed by atoms with Crippen molar-refractivity contribution in [2.45, 2.75) is 97.1 Å². The van der Waals surface area contributed by atoms with Crippen molar-refractivity contribution in [3.05, 3.63) is 65.6 Å². The minimum absolute atomic E-state index is 0.188. The van der Waals surface area contributed by atoms with Crippen molar-refractivity contribution in [1.82, 2.24) is 14.5 Å². The van der Waals surface area contributed by atoms with Crippen molar-refractivity contribution in [3.63, 3.8) is 0 Å². The smallest absolute Gasteiger partial charge is 0.417 e. The van der Waals surface area contributed by atoms with E-state index in [1.54, 1.807) is 12.4 Å². The van der Waals surface area contributed by atoms with Crippen LogP contribution < -0.4 is 0 Å². The van der Waals surface area contributed by atoms with Crippen LogP contribution in [0.4, 0.5) is 4.79 Å². The Kier molecular flexibility index (Phi) is 8.05. The summed E-state index contributed by atoms with van der Waals surface area (Å²) in [6.45, 7) is 11.2. The third kappa shape index (κ3) is 5.89. The molecule has 3 aromatic rings. The quantitative estimate of drug-likeness (QED) is 0.296. The van der Waals surface area contributed by atoms with Crippen LogP contribution in [0.25, 0.3) is 10.9 Å². The molecule has 1 aliphatic heterocycles. The summed E-state index contributed by atoms with van der Waals surface area (Å²) in [5.74, 6) is -0.188. The number of pyridine rings is 1. The molecule has 2 amide bonds. The second kappa shape index (κ2) is 11.1. The average molecular weight is 504 g/mol. The third-order valence-corrected chi connectivity index (χ3v) is 7.42. The van der Waals surface area contributed by atoms with Gasteiger partial charge in [0.05, 0.1) is 5.41 Å². The first kappa shape index (κ1) is 26.9. The zero-order chi connectivity index (χ0) is 26.6. The molecule has 6 heteroatoms. The van der Waals surface area contributed by atoms with Gasteiger partial charge in [-0.25, -0.2) is 9.69 Å². The van der Waals surface area contributed by atoms with Crippen LogP contribution in [0.2, 0.25) is 0 Å². The number of likely N-dealkylation sites (tertiary alicyclic amines) is 1. The molecule has 1 saturated heterocycles. The fourth-order valence-electron chi connectivity index (χ4n) is 5.49. The van der Waals surface area contributed by atoms with Gasteiger partial charge in [-0.1, -0.05) is 44.7 Å². The molecule has 198 valence electrons. The largest absolute Gasteiger partial charge is 0.443 e. The van der Waals surface area contributed by atoms with E-state index in [4.69, 9.17) is 4.74 Å². The lowest BCUT2D eigenvalue weighted by atomic mass is 9.74. The first-order chi connectivity index (χ1) is 17.6. The van der Waals surface area contributed by atoms with Gasteiger partial charge in [-0.2, -0.15) is 0 Å². The number of fused-ring (bicyclic) bond motifs is 1. The molecule has 3 heterocycles. The Labute approximate surface area is 221 Å². The molecule has 1 atom stereocenters. The maximum Gasteiger partial charge on any atom is 0.417 e. The van der Waals surface area contributed by atoms with Crippen molar-refractivity contribution in [3.8, 4) is 0 Å². The van der Waals surface area contributed by atoms with Gasteiger partial charge in [-0.3, -0.25) is 9.78 Å². The highest BCUT2D eigenvalue weighted by Crippen LogP contribution is 2.41. The van der Waals surface area contributed by atoms with E-state index in [1.807, 2.05) is 32.9 Å². The number of hydrogen-bond donors (Lipinski definition) is 0. The molecular formula is C31H41N3O3. The zero-order valence-corrected chi connectivity index (χ0v) is 23.0. The van der Waals surface area contributed by atoms with Crippen molar-refractivity contribution in [1.29, 1.82) is 0 Å². The van der Waals surface area contributed by atoms with Gasteiger partial charge >= 0.3 is 6.09 Å². The average Bonchev–Trinajstić information content (AvgIpc) is 3.35. The molecule has 37 heavy (non-hydrogen) atoms. The van der Waals surface area contributed by atoms with Crippen LogP contribution in [0.3, 0.4) is 0 Å². The summed E-state index contributed by atoms with van der Waals surface area (Å²) in [4.78, 5) is 32.5. The van der Waals surface area contributed by atoms with Crippen molar-refractivity contribution in [2.24, 2.45) is 0 Å². The predicted molar refractivity (Wildman–Crippen MR) is 148 cm³/mol. The van der Waals surface area contributed by atoms with E-state index < -0.39 is 17.1 Å². The molecule has 6 nitrogen and oxygen atoms in total. The van der Waals surface area contributed by atoms with Crippen LogP contribution in [-0.2, 0) is 27.9 Å². The van der Waals surface area contributed by atoms with Gasteiger partial charge in [-0.05, 0) is 81.8 Å². The number of amides is 2. The standard InChI is InChI=1S/C31H41N3O3/c1-6-7-8-9-10-18-33-22-23(2)26-12-11-25(20-27(26)33)31(21-24-13-16-32-17-14-24)15-19-34(28(31)35)29(36)37-30(3,4)5/h11-14,16-17,20,22H,6-10,15,18-19,21H2,1-5H3. The summed E-state index contributed by atoms with van der Waals surface area (Å²) in [7, 11) is 0. The minimum atomic E-state index is -0.837. The van der Waals surface area contributed by atoms with Crippen LogP contribution in [0, 0.1) is 6.92 Å². The topological polar surface area (TPSA) is 64.4 Å². The van der Waals surface area contributed by atoms with Gasteiger partial charge in [0.15, 0.2) is 0 Å². The van der Waals surface area contributed by atoms with Gasteiger partial charge in [0, 0.05) is 42.6 Å². The number of imide groups is 1. The lowest BCUT2D eigenvalue weighted by Gasteiger charge is -2.29. The van der Waals surface area contributed by atoms with Crippen molar-refractivity contribution in [2.75, 3.05) is 6.54 Å². The maximum absolute atomic E-state index is 14.1. The Bertz CT molecular complexity index is 1240. The van der Waals surface area contributed by atoms with E-state index in [9.17, 15) is 9.59 Å². The van der Waals surface area contributed by atoms with E-state index in [0.717, 1.165) is 29.6 Å². The van der Waals surface area contributed by atoms with Gasteiger partial charge in [0.1, 0.15) is 5.60 Å². The molecule has 0 saturated carbocycles. The lowest BCUT2D eigenvalue weighted by molar-refractivity contribution is -0.131. The van der Waals surface area contributed by atoms with E-state index >= 15 is 0 Å². The van der Waals surface area contributed by atoms with Crippen molar-refractivity contribution >= 4 is 22.9 Å². The number of hydrogen-bond acceptors (Lipinski definition) is 4. The van der Waals surface area contributed by atoms with Crippen LogP contribution in [0.15, 0.2) is 48.9 Å². The highest BCUT2D eigenvalue weighted by atomic mass is 16.6. The van der Waals surface area contributed by atoms with Gasteiger partial charge in [0.25, 0.3) is 0 Å². The van der Waals surface area contributed by atoms with Crippen LogP contribution in [0.5, 0.6) is 0 Å². The lowest BCUT2D eigenvalue weighted by Crippen LogP contribution is -2.44. The Morgan fingerprint density at radius 2 is 1.81 bits per heavy atom. The molecule has 1 aromatic carbocycles. The van der Waals surface area contributed by atoms with E-state index in [-0.39, 0.29) is 5.91 Å². The second-order valence-corrected chi connectivity index (χ2v) is 11.5. The molecule has 0 spiro atoms. The number of rotatable bonds is 9. The normalized spacial score (nSPS) is 18.1. The summed E-state index contributed by atoms with van der Waals surface area (Å²) >= 11 is 0. The fraction of sp³-hybridized carbons (Fsp3) is 0.516. The van der Waals surface area contributed by atoms with Crippen molar-refractivity contribution < 1.29 is 14.3 Å². The molecule has 0 bridgehead atoms. The van der Waals surface area contributed by atoms with Gasteiger partial charge in [0.2, 0.25) is 5.91 Å². The molecule has 1 unspecified atom stereocenters. The van der Waals surface area contributed by atoms with Gasteiger partial charge in [-0.15, -0.1) is 0 Å². The Balaban J connectivity index is 1.71. The summed E-state index contributed by atoms with van der Waals surface area (Å²) in [5.41, 5.74) is 2.88. The number of aromatic nitrogens is 2. The molecule has 1 fully saturated rings. The molecule has 1 aliphatic rings.